The number of aliphatic hydroxyl groups excluding tert-OH is 1. The van der Waals surface area contributed by atoms with Crippen molar-refractivity contribution in [3.05, 3.63) is 59.4 Å². The molecule has 0 radical (unpaired) electrons. The molecule has 1 aromatic heterocycles. The molecule has 0 aliphatic rings. The Morgan fingerprint density at radius 1 is 1.33 bits per heavy atom. The number of aromatic nitrogens is 1. The number of nitrogens with one attached hydrogen (secondary N) is 1. The Kier molecular flexibility index (Phi) is 4.59. The number of pyridine rings is 1. The van der Waals surface area contributed by atoms with Gasteiger partial charge in [0.05, 0.1) is 24.4 Å². The first-order chi connectivity index (χ1) is 10.0. The molecule has 1 aromatic carbocycles. The molecule has 4 nitrogen and oxygen atoms in total. The number of benzene rings is 1. The molecule has 1 amide bonds. The van der Waals surface area contributed by atoms with Crippen LogP contribution in [-0.2, 0) is 11.4 Å². The van der Waals surface area contributed by atoms with E-state index in [9.17, 15) is 18.7 Å². The van der Waals surface area contributed by atoms with E-state index >= 15 is 0 Å². The molecule has 110 valence electrons. The van der Waals surface area contributed by atoms with Crippen molar-refractivity contribution >= 4 is 11.6 Å². The first-order valence-electron chi connectivity index (χ1n) is 6.33. The summed E-state index contributed by atoms with van der Waals surface area (Å²) >= 11 is 0. The Bertz CT molecular complexity index is 642. The third-order valence-corrected chi connectivity index (χ3v) is 3.17. The van der Waals surface area contributed by atoms with E-state index in [0.29, 0.717) is 11.3 Å². The highest BCUT2D eigenvalue weighted by atomic mass is 19.1. The van der Waals surface area contributed by atoms with E-state index in [1.54, 1.807) is 6.07 Å². The van der Waals surface area contributed by atoms with Gasteiger partial charge < -0.3 is 10.4 Å². The van der Waals surface area contributed by atoms with E-state index in [0.717, 1.165) is 12.1 Å². The molecule has 1 unspecified atom stereocenters. The minimum atomic E-state index is -1.02. The van der Waals surface area contributed by atoms with Gasteiger partial charge in [-0.2, -0.15) is 0 Å². The summed E-state index contributed by atoms with van der Waals surface area (Å²) in [5, 5.41) is 11.7. The van der Waals surface area contributed by atoms with Crippen molar-refractivity contribution in [1.82, 2.24) is 4.98 Å². The van der Waals surface area contributed by atoms with Crippen LogP contribution in [0.2, 0.25) is 0 Å². The van der Waals surface area contributed by atoms with Crippen molar-refractivity contribution in [3.63, 3.8) is 0 Å². The zero-order valence-corrected chi connectivity index (χ0v) is 11.3. The van der Waals surface area contributed by atoms with E-state index in [2.05, 4.69) is 10.3 Å². The fourth-order valence-electron chi connectivity index (χ4n) is 1.97. The van der Waals surface area contributed by atoms with E-state index in [1.165, 1.54) is 25.4 Å². The number of rotatable bonds is 4. The molecule has 0 spiro atoms. The summed E-state index contributed by atoms with van der Waals surface area (Å²) in [4.78, 5) is 16.0. The quantitative estimate of drug-likeness (QED) is 0.910. The lowest BCUT2D eigenvalue weighted by Gasteiger charge is -2.15. The highest BCUT2D eigenvalue weighted by Crippen LogP contribution is 2.24. The Morgan fingerprint density at radius 3 is 2.62 bits per heavy atom. The van der Waals surface area contributed by atoms with Gasteiger partial charge in [-0.3, -0.25) is 9.78 Å². The number of amides is 1. The van der Waals surface area contributed by atoms with Gasteiger partial charge in [-0.25, -0.2) is 8.78 Å². The maximum absolute atomic E-state index is 13.7. The van der Waals surface area contributed by atoms with Crippen molar-refractivity contribution in [1.29, 1.82) is 0 Å². The van der Waals surface area contributed by atoms with Crippen LogP contribution in [0.5, 0.6) is 0 Å². The van der Waals surface area contributed by atoms with Gasteiger partial charge in [-0.15, -0.1) is 0 Å². The molecule has 6 heteroatoms. The number of nitrogens with zero attached hydrogens (tertiary/aromatic N) is 1. The fourth-order valence-corrected chi connectivity index (χ4v) is 1.97. The van der Waals surface area contributed by atoms with Gasteiger partial charge in [0.15, 0.2) is 0 Å². The van der Waals surface area contributed by atoms with Crippen LogP contribution in [0.25, 0.3) is 0 Å². The molecule has 2 aromatic rings. The van der Waals surface area contributed by atoms with Crippen LogP contribution in [0, 0.1) is 11.6 Å². The van der Waals surface area contributed by atoms with Gasteiger partial charge in [0.2, 0.25) is 5.91 Å². The minimum Gasteiger partial charge on any atom is -0.392 e. The molecule has 0 bridgehead atoms. The van der Waals surface area contributed by atoms with Crippen LogP contribution < -0.4 is 5.32 Å². The molecule has 2 rings (SSSR count). The number of halogens is 2. The maximum Gasteiger partial charge on any atom is 0.231 e. The summed E-state index contributed by atoms with van der Waals surface area (Å²) < 4.78 is 27.3. The number of aliphatic hydroxyl groups is 1. The highest BCUT2D eigenvalue weighted by molar-refractivity contribution is 5.96. The SMILES string of the molecule is CC(C(=O)Nc1cnccc1CO)c1c(F)cccc1F. The molecule has 1 heterocycles. The molecule has 0 saturated carbocycles. The average Bonchev–Trinajstić information content (AvgIpc) is 2.47. The molecule has 1 atom stereocenters. The predicted molar refractivity (Wildman–Crippen MR) is 73.6 cm³/mol. The smallest absolute Gasteiger partial charge is 0.231 e. The third-order valence-electron chi connectivity index (χ3n) is 3.17. The molecule has 0 saturated heterocycles. The average molecular weight is 292 g/mol. The number of hydrogen-bond acceptors (Lipinski definition) is 3. The Morgan fingerprint density at radius 2 is 2.00 bits per heavy atom. The molecular formula is C15H14F2N2O2. The van der Waals surface area contributed by atoms with Crippen LogP contribution in [0.15, 0.2) is 36.7 Å². The Hall–Kier alpha value is -2.34. The van der Waals surface area contributed by atoms with Gasteiger partial charge in [0.25, 0.3) is 0 Å². The summed E-state index contributed by atoms with van der Waals surface area (Å²) in [5.74, 6) is -3.14. The highest BCUT2D eigenvalue weighted by Gasteiger charge is 2.23. The topological polar surface area (TPSA) is 62.2 Å². The lowest BCUT2D eigenvalue weighted by molar-refractivity contribution is -0.117. The minimum absolute atomic E-state index is 0.277. The Labute approximate surface area is 120 Å². The van der Waals surface area contributed by atoms with Crippen LogP contribution in [0.4, 0.5) is 14.5 Å². The second-order valence-corrected chi connectivity index (χ2v) is 4.54. The molecule has 0 aliphatic carbocycles. The van der Waals surface area contributed by atoms with E-state index in [4.69, 9.17) is 0 Å². The van der Waals surface area contributed by atoms with Gasteiger partial charge in [0.1, 0.15) is 11.6 Å². The zero-order valence-electron chi connectivity index (χ0n) is 11.3. The van der Waals surface area contributed by atoms with Crippen molar-refractivity contribution in [2.45, 2.75) is 19.4 Å². The zero-order chi connectivity index (χ0) is 15.4. The van der Waals surface area contributed by atoms with Crippen LogP contribution in [0.3, 0.4) is 0 Å². The first kappa shape index (κ1) is 15.1. The monoisotopic (exact) mass is 292 g/mol. The summed E-state index contributed by atoms with van der Waals surface area (Å²) in [6, 6.07) is 4.99. The van der Waals surface area contributed by atoms with Crippen LogP contribution >= 0.6 is 0 Å². The van der Waals surface area contributed by atoms with Crippen molar-refractivity contribution in [2.75, 3.05) is 5.32 Å². The van der Waals surface area contributed by atoms with Crippen molar-refractivity contribution in [2.24, 2.45) is 0 Å². The number of carbonyl (C=O) groups is 1. The third kappa shape index (κ3) is 3.22. The van der Waals surface area contributed by atoms with Crippen molar-refractivity contribution in [3.8, 4) is 0 Å². The van der Waals surface area contributed by atoms with Gasteiger partial charge in [0, 0.05) is 17.3 Å². The fraction of sp³-hybridized carbons (Fsp3) is 0.200. The van der Waals surface area contributed by atoms with E-state index in [-0.39, 0.29) is 12.2 Å². The van der Waals surface area contributed by atoms with Gasteiger partial charge in [-0.1, -0.05) is 6.07 Å². The van der Waals surface area contributed by atoms with Crippen LogP contribution in [0.1, 0.15) is 24.0 Å². The largest absolute Gasteiger partial charge is 0.392 e. The summed E-state index contributed by atoms with van der Waals surface area (Å²) in [5.41, 5.74) is 0.498. The number of hydrogen-bond donors (Lipinski definition) is 2. The molecular weight excluding hydrogens is 278 g/mol. The van der Waals surface area contributed by atoms with Gasteiger partial charge >= 0.3 is 0 Å². The summed E-state index contributed by atoms with van der Waals surface area (Å²) in [6.45, 7) is 1.13. The lowest BCUT2D eigenvalue weighted by Crippen LogP contribution is -2.21. The van der Waals surface area contributed by atoms with E-state index in [1.807, 2.05) is 0 Å². The maximum atomic E-state index is 13.7. The van der Waals surface area contributed by atoms with Crippen molar-refractivity contribution < 1.29 is 18.7 Å². The standard InChI is InChI=1S/C15H14F2N2O2/c1-9(14-11(16)3-2-4-12(14)17)15(21)19-13-7-18-6-5-10(13)8-20/h2-7,9,20H,8H2,1H3,(H,19,21). The number of carbonyl (C=O) groups excluding carboxylic acids is 1. The second-order valence-electron chi connectivity index (χ2n) is 4.54. The van der Waals surface area contributed by atoms with E-state index < -0.39 is 23.5 Å². The van der Waals surface area contributed by atoms with Crippen LogP contribution in [-0.4, -0.2) is 16.0 Å². The van der Waals surface area contributed by atoms with Gasteiger partial charge in [-0.05, 0) is 25.1 Å². The molecule has 21 heavy (non-hydrogen) atoms. The summed E-state index contributed by atoms with van der Waals surface area (Å²) in [7, 11) is 0. The summed E-state index contributed by atoms with van der Waals surface area (Å²) in [6.07, 6.45) is 2.84. The number of anilines is 1. The Balaban J connectivity index is 2.24. The second kappa shape index (κ2) is 6.41. The lowest BCUT2D eigenvalue weighted by atomic mass is 9.99. The normalized spacial score (nSPS) is 12.0. The molecule has 0 fully saturated rings. The molecule has 0 aliphatic heterocycles. The first-order valence-corrected chi connectivity index (χ1v) is 6.33. The predicted octanol–water partition coefficient (Wildman–Crippen LogP) is 2.59. The molecule has 2 N–H and O–H groups in total.